The molecule has 0 aromatic heterocycles. The molecule has 2 heterocycles. The van der Waals surface area contributed by atoms with E-state index in [9.17, 15) is 9.59 Å². The third-order valence-corrected chi connectivity index (χ3v) is 5.56. The summed E-state index contributed by atoms with van der Waals surface area (Å²) in [6.45, 7) is 4.25. The van der Waals surface area contributed by atoms with Crippen LogP contribution in [0.4, 0.5) is 16.2 Å². The number of carbonyl (C=O) groups is 2. The minimum atomic E-state index is -0.119. The van der Waals surface area contributed by atoms with Crippen molar-refractivity contribution in [3.05, 3.63) is 54.6 Å². The summed E-state index contributed by atoms with van der Waals surface area (Å²) in [5, 5.41) is 0. The van der Waals surface area contributed by atoms with Crippen LogP contribution in [0.15, 0.2) is 54.6 Å². The second-order valence-electron chi connectivity index (χ2n) is 7.26. The number of methoxy groups -OCH3 is 1. The molecule has 2 aromatic rings. The molecule has 0 bridgehead atoms. The summed E-state index contributed by atoms with van der Waals surface area (Å²) >= 11 is 0. The van der Waals surface area contributed by atoms with Gasteiger partial charge in [-0.1, -0.05) is 18.2 Å². The molecule has 0 saturated carbocycles. The monoisotopic (exact) mass is 394 g/mol. The molecule has 0 radical (unpaired) electrons. The molecular weight excluding hydrogens is 368 g/mol. The van der Waals surface area contributed by atoms with Crippen molar-refractivity contribution >= 4 is 23.3 Å². The van der Waals surface area contributed by atoms with Gasteiger partial charge in [0.25, 0.3) is 0 Å². The smallest absolute Gasteiger partial charge is 0.325 e. The molecule has 29 heavy (non-hydrogen) atoms. The molecule has 2 aromatic carbocycles. The van der Waals surface area contributed by atoms with E-state index in [1.54, 1.807) is 16.9 Å². The van der Waals surface area contributed by atoms with Crippen LogP contribution < -0.4 is 14.5 Å². The first-order chi connectivity index (χ1) is 14.2. The van der Waals surface area contributed by atoms with Crippen LogP contribution in [-0.2, 0) is 4.79 Å². The van der Waals surface area contributed by atoms with Gasteiger partial charge in [0.1, 0.15) is 12.3 Å². The van der Waals surface area contributed by atoms with Crippen molar-refractivity contribution in [2.75, 3.05) is 62.7 Å². The first-order valence-electron chi connectivity index (χ1n) is 9.94. The zero-order valence-electron chi connectivity index (χ0n) is 16.7. The Morgan fingerprint density at radius 1 is 0.862 bits per heavy atom. The Bertz CT molecular complexity index is 848. The summed E-state index contributed by atoms with van der Waals surface area (Å²) in [6, 6.07) is 17.5. The summed E-state index contributed by atoms with van der Waals surface area (Å²) < 4.78 is 5.17. The second kappa shape index (κ2) is 8.43. The van der Waals surface area contributed by atoms with Gasteiger partial charge in [0.2, 0.25) is 5.91 Å². The maximum Gasteiger partial charge on any atom is 0.325 e. The molecular formula is C22H26N4O3. The topological polar surface area (TPSA) is 56.3 Å². The first-order valence-corrected chi connectivity index (χ1v) is 9.94. The molecule has 0 spiro atoms. The van der Waals surface area contributed by atoms with Crippen molar-refractivity contribution in [3.8, 4) is 5.75 Å². The maximum absolute atomic E-state index is 12.8. The number of urea groups is 1. The number of amides is 3. The fraction of sp³-hybridized carbons (Fsp3) is 0.364. The van der Waals surface area contributed by atoms with Crippen molar-refractivity contribution in [2.24, 2.45) is 0 Å². The highest BCUT2D eigenvalue weighted by Gasteiger charge is 2.32. The van der Waals surface area contributed by atoms with Gasteiger partial charge in [-0.3, -0.25) is 9.69 Å². The molecule has 152 valence electrons. The Morgan fingerprint density at radius 3 is 2.21 bits per heavy atom. The van der Waals surface area contributed by atoms with Gasteiger partial charge in [-0.15, -0.1) is 0 Å². The molecule has 3 amide bonds. The van der Waals surface area contributed by atoms with E-state index in [0.29, 0.717) is 26.2 Å². The average Bonchev–Trinajstić information content (AvgIpc) is 3.14. The van der Waals surface area contributed by atoms with E-state index in [0.717, 1.165) is 24.5 Å². The van der Waals surface area contributed by atoms with Gasteiger partial charge in [-0.25, -0.2) is 4.79 Å². The zero-order chi connectivity index (χ0) is 20.2. The van der Waals surface area contributed by atoms with Crippen LogP contribution in [0.2, 0.25) is 0 Å². The standard InChI is InChI=1S/C22H26N4O3/c1-29-20-9-7-19(8-10-20)26-16-15-25(22(26)28)17-21(27)24-13-11-23(12-14-24)18-5-3-2-4-6-18/h2-10H,11-17H2,1H3. The quantitative estimate of drug-likeness (QED) is 0.781. The third-order valence-electron chi connectivity index (χ3n) is 5.56. The lowest BCUT2D eigenvalue weighted by molar-refractivity contribution is -0.131. The van der Waals surface area contributed by atoms with Gasteiger partial charge in [0, 0.05) is 50.6 Å². The highest BCUT2D eigenvalue weighted by Crippen LogP contribution is 2.23. The van der Waals surface area contributed by atoms with Crippen LogP contribution in [0.1, 0.15) is 0 Å². The lowest BCUT2D eigenvalue weighted by atomic mass is 10.2. The fourth-order valence-electron chi connectivity index (χ4n) is 3.85. The van der Waals surface area contributed by atoms with Gasteiger partial charge in [-0.2, -0.15) is 0 Å². The van der Waals surface area contributed by atoms with E-state index in [1.807, 2.05) is 47.4 Å². The molecule has 2 fully saturated rings. The summed E-state index contributed by atoms with van der Waals surface area (Å²) in [5.41, 5.74) is 2.01. The van der Waals surface area contributed by atoms with E-state index < -0.39 is 0 Å². The summed E-state index contributed by atoms with van der Waals surface area (Å²) in [4.78, 5) is 33.0. The largest absolute Gasteiger partial charge is 0.497 e. The van der Waals surface area contributed by atoms with Crippen molar-refractivity contribution < 1.29 is 14.3 Å². The molecule has 0 aliphatic carbocycles. The molecule has 0 unspecified atom stereocenters. The molecule has 7 heteroatoms. The van der Waals surface area contributed by atoms with E-state index in [1.165, 1.54) is 5.69 Å². The Kier molecular flexibility index (Phi) is 5.55. The molecule has 0 N–H and O–H groups in total. The van der Waals surface area contributed by atoms with Gasteiger partial charge < -0.3 is 19.4 Å². The average molecular weight is 394 g/mol. The molecule has 7 nitrogen and oxygen atoms in total. The SMILES string of the molecule is COc1ccc(N2CCN(CC(=O)N3CCN(c4ccccc4)CC3)C2=O)cc1. The maximum atomic E-state index is 12.8. The number of carbonyl (C=O) groups excluding carboxylic acids is 2. The van der Waals surface area contributed by atoms with Crippen LogP contribution in [0.3, 0.4) is 0 Å². The molecule has 2 aliphatic rings. The van der Waals surface area contributed by atoms with Gasteiger partial charge in [-0.05, 0) is 36.4 Å². The predicted molar refractivity (Wildman–Crippen MR) is 113 cm³/mol. The summed E-state index contributed by atoms with van der Waals surface area (Å²) in [5.74, 6) is 0.768. The number of ether oxygens (including phenoxy) is 1. The molecule has 2 aliphatic heterocycles. The number of piperazine rings is 1. The third kappa shape index (κ3) is 4.13. The number of anilines is 2. The van der Waals surface area contributed by atoms with Gasteiger partial charge >= 0.3 is 6.03 Å². The van der Waals surface area contributed by atoms with E-state index in [-0.39, 0.29) is 18.5 Å². The second-order valence-corrected chi connectivity index (χ2v) is 7.26. The summed E-state index contributed by atoms with van der Waals surface area (Å²) in [7, 11) is 1.61. The van der Waals surface area contributed by atoms with Crippen molar-refractivity contribution in [3.63, 3.8) is 0 Å². The number of para-hydroxylation sites is 1. The van der Waals surface area contributed by atoms with Crippen LogP contribution in [-0.4, -0.2) is 74.7 Å². The van der Waals surface area contributed by atoms with E-state index in [4.69, 9.17) is 4.74 Å². The Labute approximate surface area is 171 Å². The van der Waals surface area contributed by atoms with Gasteiger partial charge in [0.05, 0.1) is 7.11 Å². The number of hydrogen-bond acceptors (Lipinski definition) is 4. The molecule has 2 saturated heterocycles. The molecule has 4 rings (SSSR count). The van der Waals surface area contributed by atoms with Crippen LogP contribution >= 0.6 is 0 Å². The van der Waals surface area contributed by atoms with Crippen molar-refractivity contribution in [1.29, 1.82) is 0 Å². The number of hydrogen-bond donors (Lipinski definition) is 0. The number of benzene rings is 2. The minimum Gasteiger partial charge on any atom is -0.497 e. The summed E-state index contributed by atoms with van der Waals surface area (Å²) in [6.07, 6.45) is 0. The molecule has 0 atom stereocenters. The van der Waals surface area contributed by atoms with Gasteiger partial charge in [0.15, 0.2) is 0 Å². The van der Waals surface area contributed by atoms with Crippen LogP contribution in [0.5, 0.6) is 5.75 Å². The number of nitrogens with zero attached hydrogens (tertiary/aromatic N) is 4. The fourth-order valence-corrected chi connectivity index (χ4v) is 3.85. The van der Waals surface area contributed by atoms with E-state index >= 15 is 0 Å². The predicted octanol–water partition coefficient (Wildman–Crippen LogP) is 2.29. The Hall–Kier alpha value is -3.22. The lowest BCUT2D eigenvalue weighted by Crippen LogP contribution is -2.51. The first kappa shape index (κ1) is 19.1. The lowest BCUT2D eigenvalue weighted by Gasteiger charge is -2.36. The highest BCUT2D eigenvalue weighted by molar-refractivity contribution is 5.96. The van der Waals surface area contributed by atoms with E-state index in [2.05, 4.69) is 17.0 Å². The highest BCUT2D eigenvalue weighted by atomic mass is 16.5. The Balaban J connectivity index is 1.30. The van der Waals surface area contributed by atoms with Crippen molar-refractivity contribution in [1.82, 2.24) is 9.80 Å². The minimum absolute atomic E-state index is 0.0163. The van der Waals surface area contributed by atoms with Crippen LogP contribution in [0.25, 0.3) is 0 Å². The Morgan fingerprint density at radius 2 is 1.55 bits per heavy atom. The number of rotatable bonds is 5. The zero-order valence-corrected chi connectivity index (χ0v) is 16.7. The van der Waals surface area contributed by atoms with Crippen LogP contribution in [0, 0.1) is 0 Å². The normalized spacial score (nSPS) is 17.1. The van der Waals surface area contributed by atoms with Crippen molar-refractivity contribution in [2.45, 2.75) is 0 Å².